The van der Waals surface area contributed by atoms with E-state index in [1.807, 2.05) is 24.3 Å². The van der Waals surface area contributed by atoms with Crippen LogP contribution >= 0.6 is 0 Å². The molecule has 45 heavy (non-hydrogen) atoms. The second kappa shape index (κ2) is 11.7. The van der Waals surface area contributed by atoms with Gasteiger partial charge in [0.1, 0.15) is 15.4 Å². The van der Waals surface area contributed by atoms with Gasteiger partial charge in [0, 0.05) is 30.8 Å². The van der Waals surface area contributed by atoms with Gasteiger partial charge in [-0.05, 0) is 68.1 Å². The fourth-order valence-corrected chi connectivity index (χ4v) is 6.36. The number of nitrogens with two attached hydrogens (primary N) is 1. The van der Waals surface area contributed by atoms with E-state index in [9.17, 15) is 36.0 Å². The number of para-hydroxylation sites is 1. The summed E-state index contributed by atoms with van der Waals surface area (Å²) in [5, 5.41) is 3.55. The molecule has 1 aliphatic heterocycles. The number of hydrogen-bond acceptors (Lipinski definition) is 7. The molecule has 1 fully saturated rings. The molecule has 2 aliphatic rings. The fraction of sp³-hybridized carbons (Fsp3) is 0.419. The average Bonchev–Trinajstić information content (AvgIpc) is 3.83. The van der Waals surface area contributed by atoms with Crippen molar-refractivity contribution in [1.29, 1.82) is 0 Å². The first-order chi connectivity index (χ1) is 21.0. The zero-order valence-electron chi connectivity index (χ0n) is 25.0. The van der Waals surface area contributed by atoms with Gasteiger partial charge >= 0.3 is 6.18 Å². The molecule has 3 amide bonds. The molecule has 240 valence electrons. The number of hydrogen-bond donors (Lipinski definition) is 2. The van der Waals surface area contributed by atoms with Gasteiger partial charge in [0.15, 0.2) is 0 Å². The van der Waals surface area contributed by atoms with Crippen molar-refractivity contribution in [2.75, 3.05) is 35.4 Å². The summed E-state index contributed by atoms with van der Waals surface area (Å²) in [6, 6.07) is 10.1. The molecule has 1 saturated carbocycles. The number of carbonyl (C=O) groups excluding carboxylic acids is 3. The van der Waals surface area contributed by atoms with E-state index in [1.165, 1.54) is 18.9 Å². The van der Waals surface area contributed by atoms with Crippen LogP contribution in [0.3, 0.4) is 0 Å². The summed E-state index contributed by atoms with van der Waals surface area (Å²) in [7, 11) is -2.21. The Hall–Kier alpha value is -4.04. The van der Waals surface area contributed by atoms with E-state index in [0.717, 1.165) is 58.7 Å². The number of aromatic nitrogens is 1. The molecule has 2 heterocycles. The van der Waals surface area contributed by atoms with Gasteiger partial charge in [0.05, 0.1) is 40.7 Å². The van der Waals surface area contributed by atoms with Crippen molar-refractivity contribution >= 4 is 49.8 Å². The molecule has 1 aromatic heterocycles. The van der Waals surface area contributed by atoms with E-state index in [-0.39, 0.29) is 23.8 Å². The van der Waals surface area contributed by atoms with Crippen molar-refractivity contribution in [1.82, 2.24) is 10.3 Å². The Morgan fingerprint density at radius 1 is 1.11 bits per heavy atom. The number of anilines is 2. The van der Waals surface area contributed by atoms with Crippen molar-refractivity contribution in [2.45, 2.75) is 50.4 Å². The number of fused-ring (bicyclic) bond motifs is 2. The van der Waals surface area contributed by atoms with E-state index in [2.05, 4.69) is 10.3 Å². The summed E-state index contributed by atoms with van der Waals surface area (Å²) in [6.07, 6.45) is -0.819. The first kappa shape index (κ1) is 32.4. The summed E-state index contributed by atoms with van der Waals surface area (Å²) in [4.78, 5) is 48.0. The number of alkyl halides is 3. The largest absolute Gasteiger partial charge is 0.416 e. The standard InChI is InChI=1S/C31H34F3N5O5S/c1-30(36-2,29(35)42)23-17-38(27(40)12-13-45(3,43)44)26-14-19(31(32,33)34)10-11-25(26)39(28(23)41)16-22-20-6-4-5-7-24(20)37-15-21(22)18-8-9-18/h4-7,10-11,14-15,18,23,36H,8-9,12-13,16-17H2,1-3H3,(H2,35,42)/t23-,30?/m1/s1. The summed E-state index contributed by atoms with van der Waals surface area (Å²) in [6.45, 7) is 0.773. The van der Waals surface area contributed by atoms with Gasteiger partial charge in [0.25, 0.3) is 0 Å². The van der Waals surface area contributed by atoms with E-state index in [0.29, 0.717) is 5.52 Å². The topological polar surface area (TPSA) is 143 Å². The Kier molecular flexibility index (Phi) is 8.42. The number of likely N-dealkylation sites (N-methyl/N-ethyl adjacent to an activating group) is 1. The average molecular weight is 646 g/mol. The number of benzene rings is 2. The molecular weight excluding hydrogens is 611 g/mol. The van der Waals surface area contributed by atoms with Gasteiger partial charge in [-0.1, -0.05) is 18.2 Å². The maximum Gasteiger partial charge on any atom is 0.416 e. The lowest BCUT2D eigenvalue weighted by Gasteiger charge is -2.36. The van der Waals surface area contributed by atoms with Gasteiger partial charge in [-0.25, -0.2) is 8.42 Å². The molecule has 0 spiro atoms. The van der Waals surface area contributed by atoms with Gasteiger partial charge in [0.2, 0.25) is 17.7 Å². The second-order valence-electron chi connectivity index (χ2n) is 11.9. The molecule has 1 aliphatic carbocycles. The van der Waals surface area contributed by atoms with Gasteiger partial charge in [-0.15, -0.1) is 0 Å². The number of pyridine rings is 1. The Bertz CT molecular complexity index is 1790. The van der Waals surface area contributed by atoms with Crippen molar-refractivity contribution < 1.29 is 36.0 Å². The zero-order valence-corrected chi connectivity index (χ0v) is 25.8. The lowest BCUT2D eigenvalue weighted by atomic mass is 9.83. The first-order valence-corrected chi connectivity index (χ1v) is 16.5. The normalized spacial score (nSPS) is 18.8. The number of sulfone groups is 1. The van der Waals surface area contributed by atoms with E-state index in [1.54, 1.807) is 6.20 Å². The van der Waals surface area contributed by atoms with Crippen LogP contribution in [0.4, 0.5) is 24.5 Å². The van der Waals surface area contributed by atoms with Crippen LogP contribution in [-0.2, 0) is 36.9 Å². The fourth-order valence-electron chi connectivity index (χ4n) is 5.81. The molecule has 2 aromatic carbocycles. The van der Waals surface area contributed by atoms with Crippen LogP contribution in [0.15, 0.2) is 48.7 Å². The Labute approximate surface area is 258 Å². The van der Waals surface area contributed by atoms with Gasteiger partial charge in [-0.2, -0.15) is 13.2 Å². The Morgan fingerprint density at radius 3 is 2.40 bits per heavy atom. The number of nitrogens with one attached hydrogen (secondary N) is 1. The molecule has 10 nitrogen and oxygen atoms in total. The van der Waals surface area contributed by atoms with E-state index >= 15 is 0 Å². The van der Waals surface area contributed by atoms with Gasteiger partial charge in [-0.3, -0.25) is 19.4 Å². The third-order valence-electron chi connectivity index (χ3n) is 8.78. The van der Waals surface area contributed by atoms with Crippen LogP contribution in [0.5, 0.6) is 0 Å². The third kappa shape index (κ3) is 6.39. The van der Waals surface area contributed by atoms with Crippen LogP contribution < -0.4 is 20.9 Å². The van der Waals surface area contributed by atoms with Crippen molar-refractivity contribution in [2.24, 2.45) is 11.7 Å². The number of amides is 3. The molecule has 3 N–H and O–H groups in total. The minimum absolute atomic E-state index is 0.00812. The molecule has 14 heteroatoms. The monoisotopic (exact) mass is 645 g/mol. The van der Waals surface area contributed by atoms with Crippen LogP contribution in [0.25, 0.3) is 10.9 Å². The van der Waals surface area contributed by atoms with Crippen molar-refractivity contribution in [3.8, 4) is 0 Å². The third-order valence-corrected chi connectivity index (χ3v) is 9.73. The molecular formula is C31H34F3N5O5S. The summed E-state index contributed by atoms with van der Waals surface area (Å²) in [5.41, 5.74) is 5.09. The minimum Gasteiger partial charge on any atom is -0.368 e. The van der Waals surface area contributed by atoms with Crippen LogP contribution in [-0.4, -0.2) is 62.3 Å². The lowest BCUT2D eigenvalue weighted by Crippen LogP contribution is -2.63. The number of nitrogens with zero attached hydrogens (tertiary/aromatic N) is 3. The Morgan fingerprint density at radius 2 is 1.80 bits per heavy atom. The highest BCUT2D eigenvalue weighted by molar-refractivity contribution is 7.90. The van der Waals surface area contributed by atoms with Crippen LogP contribution in [0.1, 0.15) is 48.8 Å². The Balaban J connectivity index is 1.75. The van der Waals surface area contributed by atoms with Gasteiger partial charge < -0.3 is 20.9 Å². The smallest absolute Gasteiger partial charge is 0.368 e. The SMILES string of the molecule is CNC(C)(C(N)=O)[C@@H]1CN(C(=O)CCS(C)(=O)=O)c2cc(C(F)(F)F)ccc2N(Cc2c(C3CC3)cnc3ccccc23)C1=O. The number of rotatable bonds is 9. The molecule has 0 saturated heterocycles. The molecule has 5 rings (SSSR count). The maximum atomic E-state index is 14.6. The summed E-state index contributed by atoms with van der Waals surface area (Å²) >= 11 is 0. The van der Waals surface area contributed by atoms with Crippen LogP contribution in [0.2, 0.25) is 0 Å². The molecule has 0 bridgehead atoms. The highest BCUT2D eigenvalue weighted by Gasteiger charge is 2.49. The maximum absolute atomic E-state index is 14.6. The molecule has 0 radical (unpaired) electrons. The number of primary amides is 1. The highest BCUT2D eigenvalue weighted by atomic mass is 32.2. The number of carbonyl (C=O) groups is 3. The van der Waals surface area contributed by atoms with E-state index in [4.69, 9.17) is 5.73 Å². The van der Waals surface area contributed by atoms with Crippen molar-refractivity contribution in [3.05, 3.63) is 65.4 Å². The van der Waals surface area contributed by atoms with Crippen LogP contribution in [0, 0.1) is 5.92 Å². The zero-order chi connectivity index (χ0) is 32.9. The summed E-state index contributed by atoms with van der Waals surface area (Å²) in [5.74, 6) is -4.11. The minimum atomic E-state index is -4.79. The first-order valence-electron chi connectivity index (χ1n) is 14.4. The van der Waals surface area contributed by atoms with Crippen molar-refractivity contribution in [3.63, 3.8) is 0 Å². The molecule has 3 aromatic rings. The second-order valence-corrected chi connectivity index (χ2v) is 14.1. The quantitative estimate of drug-likeness (QED) is 0.363. The predicted molar refractivity (Wildman–Crippen MR) is 163 cm³/mol. The highest BCUT2D eigenvalue weighted by Crippen LogP contribution is 2.46. The lowest BCUT2D eigenvalue weighted by molar-refractivity contribution is -0.137. The summed E-state index contributed by atoms with van der Waals surface area (Å²) < 4.78 is 65.9. The predicted octanol–water partition coefficient (Wildman–Crippen LogP) is 3.53. The molecule has 1 unspecified atom stereocenters. The van der Waals surface area contributed by atoms with E-state index < -0.39 is 69.5 Å². The number of halogens is 3. The molecule has 2 atom stereocenters.